The number of hydrogen-bond acceptors (Lipinski definition) is 4. The van der Waals surface area contributed by atoms with E-state index in [9.17, 15) is 19.2 Å². The van der Waals surface area contributed by atoms with Gasteiger partial charge in [0.2, 0.25) is 5.91 Å². The predicted molar refractivity (Wildman–Crippen MR) is 133 cm³/mol. The molecule has 0 saturated carbocycles. The Labute approximate surface area is 205 Å². The number of carbonyl (C=O) groups excluding carboxylic acids is 2. The molecule has 1 heterocycles. The third-order valence-corrected chi connectivity index (χ3v) is 6.75. The smallest absolute Gasteiger partial charge is 0.269 e. The number of nitrogens with one attached hydrogen (secondary N) is 1. The molecule has 1 aliphatic rings. The predicted octanol–water partition coefficient (Wildman–Crippen LogP) is 5.85. The van der Waals surface area contributed by atoms with E-state index >= 15 is 0 Å². The first-order valence-electron chi connectivity index (χ1n) is 10.4. The molecule has 5 nitrogen and oxygen atoms in total. The minimum absolute atomic E-state index is 0.171. The van der Waals surface area contributed by atoms with Crippen molar-refractivity contribution in [1.29, 1.82) is 5.26 Å². The molecule has 1 saturated heterocycles. The summed E-state index contributed by atoms with van der Waals surface area (Å²) < 4.78 is 13.3. The van der Waals surface area contributed by atoms with Crippen LogP contribution in [0, 0.1) is 24.1 Å². The summed E-state index contributed by atoms with van der Waals surface area (Å²) in [6, 6.07) is 21.7. The highest BCUT2D eigenvalue weighted by molar-refractivity contribution is 8.05. The number of halogens is 2. The molecule has 1 fully saturated rings. The summed E-state index contributed by atoms with van der Waals surface area (Å²) in [6.45, 7) is 1.93. The first-order valence-corrected chi connectivity index (χ1v) is 11.6. The van der Waals surface area contributed by atoms with Gasteiger partial charge >= 0.3 is 0 Å². The molecular formula is C26H19ClFN3O2S. The fraction of sp³-hybridized carbons (Fsp3) is 0.115. The first-order chi connectivity index (χ1) is 16.4. The zero-order valence-corrected chi connectivity index (χ0v) is 19.7. The van der Waals surface area contributed by atoms with Crippen LogP contribution in [-0.4, -0.2) is 17.1 Å². The van der Waals surface area contributed by atoms with Crippen LogP contribution in [0.2, 0.25) is 5.02 Å². The monoisotopic (exact) mass is 491 g/mol. The Morgan fingerprint density at radius 3 is 2.35 bits per heavy atom. The van der Waals surface area contributed by atoms with Crippen LogP contribution in [0.3, 0.4) is 0 Å². The van der Waals surface area contributed by atoms with Crippen molar-refractivity contribution in [3.05, 3.63) is 105 Å². The van der Waals surface area contributed by atoms with E-state index in [1.54, 1.807) is 48.5 Å². The normalized spacial score (nSPS) is 16.8. The van der Waals surface area contributed by atoms with Gasteiger partial charge in [0.05, 0.1) is 5.25 Å². The highest BCUT2D eigenvalue weighted by Gasteiger charge is 2.40. The third-order valence-electron chi connectivity index (χ3n) is 5.23. The molecule has 0 spiro atoms. The van der Waals surface area contributed by atoms with Crippen LogP contribution in [0.15, 0.2) is 83.4 Å². The van der Waals surface area contributed by atoms with Crippen LogP contribution in [0.5, 0.6) is 0 Å². The largest absolute Gasteiger partial charge is 0.321 e. The summed E-state index contributed by atoms with van der Waals surface area (Å²) in [7, 11) is 0. The number of nitriles is 1. The Morgan fingerprint density at radius 1 is 1.09 bits per heavy atom. The second kappa shape index (κ2) is 10.1. The summed E-state index contributed by atoms with van der Waals surface area (Å²) in [5, 5.41) is 12.8. The topological polar surface area (TPSA) is 73.2 Å². The van der Waals surface area contributed by atoms with Crippen LogP contribution >= 0.6 is 23.4 Å². The number of carbonyl (C=O) groups is 2. The van der Waals surface area contributed by atoms with Gasteiger partial charge in [-0.3, -0.25) is 14.5 Å². The van der Waals surface area contributed by atoms with Crippen LogP contribution < -0.4 is 10.2 Å². The lowest BCUT2D eigenvalue weighted by Crippen LogP contribution is -2.30. The molecule has 0 aliphatic carbocycles. The summed E-state index contributed by atoms with van der Waals surface area (Å²) >= 11 is 7.06. The first kappa shape index (κ1) is 23.6. The minimum Gasteiger partial charge on any atom is -0.321 e. The van der Waals surface area contributed by atoms with Crippen molar-refractivity contribution in [3.63, 3.8) is 0 Å². The lowest BCUT2D eigenvalue weighted by molar-refractivity contribution is -0.117. The lowest BCUT2D eigenvalue weighted by atomic mass is 10.1. The lowest BCUT2D eigenvalue weighted by Gasteiger charge is -2.19. The van der Waals surface area contributed by atoms with Gasteiger partial charge in [-0.25, -0.2) is 4.39 Å². The number of benzene rings is 3. The molecule has 4 rings (SSSR count). The van der Waals surface area contributed by atoms with Gasteiger partial charge in [-0.2, -0.15) is 5.26 Å². The summed E-state index contributed by atoms with van der Waals surface area (Å²) in [6.07, 6.45) is 0.327. The Balaban J connectivity index is 1.71. The van der Waals surface area contributed by atoms with Gasteiger partial charge in [-0.1, -0.05) is 53.2 Å². The Hall–Kier alpha value is -3.60. The second-order valence-corrected chi connectivity index (χ2v) is 9.33. The molecule has 8 heteroatoms. The van der Waals surface area contributed by atoms with Crippen molar-refractivity contribution in [3.8, 4) is 6.07 Å². The number of amides is 2. The minimum atomic E-state index is -0.625. The average molecular weight is 492 g/mol. The molecule has 3 aromatic rings. The third kappa shape index (κ3) is 5.14. The van der Waals surface area contributed by atoms with Crippen LogP contribution in [-0.2, 0) is 16.0 Å². The molecule has 1 N–H and O–H groups in total. The molecule has 0 bridgehead atoms. The van der Waals surface area contributed by atoms with Gasteiger partial charge in [0.1, 0.15) is 22.5 Å². The molecule has 0 aromatic heterocycles. The van der Waals surface area contributed by atoms with Crippen LogP contribution in [0.25, 0.3) is 0 Å². The van der Waals surface area contributed by atoms with Gasteiger partial charge in [0, 0.05) is 16.4 Å². The molecule has 1 atom stereocenters. The van der Waals surface area contributed by atoms with E-state index in [2.05, 4.69) is 5.32 Å². The fourth-order valence-corrected chi connectivity index (χ4v) is 4.91. The van der Waals surface area contributed by atoms with Crippen LogP contribution in [0.4, 0.5) is 15.8 Å². The van der Waals surface area contributed by atoms with Crippen molar-refractivity contribution in [2.45, 2.75) is 18.6 Å². The van der Waals surface area contributed by atoms with Gasteiger partial charge in [0.25, 0.3) is 5.91 Å². The molecule has 34 heavy (non-hydrogen) atoms. The number of aryl methyl sites for hydroxylation is 1. The standard InChI is InChI=1S/C26H19ClFN3O2S/c1-16-2-12-21(13-3-16)31-25(33)23(14-17-4-8-19(28)9-5-17)34-26(31)22(15-29)24(32)30-20-10-6-18(27)7-11-20/h2-13,23H,14H2,1H3,(H,30,32)/b26-22-/t23-/m1/s1. The Morgan fingerprint density at radius 2 is 1.74 bits per heavy atom. The maximum Gasteiger partial charge on any atom is 0.269 e. The number of anilines is 2. The van der Waals surface area contributed by atoms with Crippen molar-refractivity contribution in [2.75, 3.05) is 10.2 Å². The molecule has 1 aliphatic heterocycles. The van der Waals surface area contributed by atoms with E-state index in [-0.39, 0.29) is 22.3 Å². The Bertz CT molecular complexity index is 1300. The molecule has 0 radical (unpaired) electrons. The molecule has 0 unspecified atom stereocenters. The zero-order chi connectivity index (χ0) is 24.2. The zero-order valence-electron chi connectivity index (χ0n) is 18.1. The Kier molecular flexibility index (Phi) is 7.01. The summed E-state index contributed by atoms with van der Waals surface area (Å²) in [4.78, 5) is 27.9. The van der Waals surface area contributed by atoms with E-state index in [0.717, 1.165) is 22.9 Å². The van der Waals surface area contributed by atoms with Gasteiger partial charge in [0.15, 0.2) is 0 Å². The summed E-state index contributed by atoms with van der Waals surface area (Å²) in [5.41, 5.74) is 2.66. The molecule has 170 valence electrons. The molecular weight excluding hydrogens is 473 g/mol. The van der Waals surface area contributed by atoms with E-state index in [4.69, 9.17) is 11.6 Å². The molecule has 3 aromatic carbocycles. The van der Waals surface area contributed by atoms with E-state index in [0.29, 0.717) is 22.8 Å². The highest BCUT2D eigenvalue weighted by atomic mass is 35.5. The van der Waals surface area contributed by atoms with Crippen molar-refractivity contribution < 1.29 is 14.0 Å². The van der Waals surface area contributed by atoms with Gasteiger partial charge < -0.3 is 5.32 Å². The molecule has 2 amide bonds. The van der Waals surface area contributed by atoms with E-state index < -0.39 is 11.2 Å². The number of rotatable bonds is 5. The van der Waals surface area contributed by atoms with Crippen molar-refractivity contribution in [1.82, 2.24) is 0 Å². The average Bonchev–Trinajstić information content (AvgIpc) is 3.13. The summed E-state index contributed by atoms with van der Waals surface area (Å²) in [5.74, 6) is -1.23. The number of nitrogens with zero attached hydrogens (tertiary/aromatic N) is 2. The van der Waals surface area contributed by atoms with Crippen molar-refractivity contribution in [2.24, 2.45) is 0 Å². The maximum atomic E-state index is 13.5. The SMILES string of the molecule is Cc1ccc(N2C(=O)[C@@H](Cc3ccc(F)cc3)S/C2=C(/C#N)C(=O)Nc2ccc(Cl)cc2)cc1. The fourth-order valence-electron chi connectivity index (χ4n) is 3.48. The number of thioether (sulfide) groups is 1. The van der Waals surface area contributed by atoms with Crippen molar-refractivity contribution >= 4 is 46.6 Å². The highest BCUT2D eigenvalue weighted by Crippen LogP contribution is 2.42. The van der Waals surface area contributed by atoms with Crippen LogP contribution in [0.1, 0.15) is 11.1 Å². The number of hydrogen-bond donors (Lipinski definition) is 1. The maximum absolute atomic E-state index is 13.5. The van der Waals surface area contributed by atoms with E-state index in [1.165, 1.54) is 17.0 Å². The second-order valence-electron chi connectivity index (χ2n) is 7.70. The van der Waals surface area contributed by atoms with Gasteiger partial charge in [-0.05, 0) is 67.4 Å². The van der Waals surface area contributed by atoms with Gasteiger partial charge in [-0.15, -0.1) is 0 Å². The van der Waals surface area contributed by atoms with E-state index in [1.807, 2.05) is 25.1 Å². The quantitative estimate of drug-likeness (QED) is 0.359.